The molecule has 0 aromatic heterocycles. The third-order valence-corrected chi connectivity index (χ3v) is 3.59. The van der Waals surface area contributed by atoms with Crippen LogP contribution in [0.5, 0.6) is 0 Å². The van der Waals surface area contributed by atoms with Gasteiger partial charge in [0.2, 0.25) is 0 Å². The molecule has 1 aliphatic rings. The molecular formula is C15H20O4. The second-order valence-corrected chi connectivity index (χ2v) is 5.10. The maximum atomic E-state index is 11.2. The summed E-state index contributed by atoms with van der Waals surface area (Å²) in [5.74, 6) is -0.170. The summed E-state index contributed by atoms with van der Waals surface area (Å²) in [7, 11) is 0. The Labute approximate surface area is 113 Å². The van der Waals surface area contributed by atoms with Crippen LogP contribution in [0.2, 0.25) is 0 Å². The molecule has 0 bridgehead atoms. The van der Waals surface area contributed by atoms with Crippen LogP contribution < -0.4 is 0 Å². The molecule has 1 aromatic rings. The molecule has 104 valence electrons. The van der Waals surface area contributed by atoms with E-state index in [2.05, 4.69) is 0 Å². The first-order valence-corrected chi connectivity index (χ1v) is 6.62. The number of rotatable bonds is 7. The number of benzene rings is 1. The molecule has 0 amide bonds. The summed E-state index contributed by atoms with van der Waals surface area (Å²) in [6.07, 6.45) is 1.72. The molecule has 0 unspecified atom stereocenters. The van der Waals surface area contributed by atoms with Crippen molar-refractivity contribution < 1.29 is 19.4 Å². The minimum atomic E-state index is -0.234. The van der Waals surface area contributed by atoms with Crippen LogP contribution in [0.4, 0.5) is 0 Å². The Balaban J connectivity index is 1.75. The van der Waals surface area contributed by atoms with Crippen molar-refractivity contribution in [3.05, 3.63) is 35.9 Å². The Hall–Kier alpha value is -1.39. The summed E-state index contributed by atoms with van der Waals surface area (Å²) < 4.78 is 10.7. The molecule has 1 saturated heterocycles. The number of aliphatic hydroxyl groups is 1. The van der Waals surface area contributed by atoms with Gasteiger partial charge >= 0.3 is 5.97 Å². The fourth-order valence-corrected chi connectivity index (χ4v) is 2.38. The third-order valence-electron chi connectivity index (χ3n) is 3.59. The first-order chi connectivity index (χ1) is 9.24. The lowest BCUT2D eigenvalue weighted by atomic mass is 9.81. The second-order valence-electron chi connectivity index (χ2n) is 5.10. The summed E-state index contributed by atoms with van der Waals surface area (Å²) >= 11 is 0. The quantitative estimate of drug-likeness (QED) is 0.604. The van der Waals surface area contributed by atoms with Crippen LogP contribution in [0.25, 0.3) is 0 Å². The van der Waals surface area contributed by atoms with E-state index in [0.29, 0.717) is 32.7 Å². The van der Waals surface area contributed by atoms with Gasteiger partial charge in [0.05, 0.1) is 19.6 Å². The molecule has 0 radical (unpaired) electrons. The van der Waals surface area contributed by atoms with Gasteiger partial charge in [-0.2, -0.15) is 0 Å². The SMILES string of the molecule is O=C1C[C@@](CCO)(CCOCc2ccccc2)CO1. The second kappa shape index (κ2) is 6.68. The van der Waals surface area contributed by atoms with Crippen molar-refractivity contribution in [2.75, 3.05) is 19.8 Å². The van der Waals surface area contributed by atoms with E-state index in [-0.39, 0.29) is 18.0 Å². The van der Waals surface area contributed by atoms with Crippen LogP contribution in [0.15, 0.2) is 30.3 Å². The summed E-state index contributed by atoms with van der Waals surface area (Å²) in [6, 6.07) is 9.98. The van der Waals surface area contributed by atoms with E-state index < -0.39 is 0 Å². The van der Waals surface area contributed by atoms with Crippen LogP contribution in [0, 0.1) is 5.41 Å². The number of ether oxygens (including phenoxy) is 2. The van der Waals surface area contributed by atoms with Crippen molar-refractivity contribution in [3.8, 4) is 0 Å². The van der Waals surface area contributed by atoms with E-state index in [1.165, 1.54) is 0 Å². The number of hydrogen-bond acceptors (Lipinski definition) is 4. The number of hydrogen-bond donors (Lipinski definition) is 1. The van der Waals surface area contributed by atoms with Crippen LogP contribution in [-0.4, -0.2) is 30.9 Å². The molecule has 1 aliphatic heterocycles. The highest BCUT2D eigenvalue weighted by Crippen LogP contribution is 2.36. The average Bonchev–Trinajstić information content (AvgIpc) is 2.78. The first kappa shape index (κ1) is 14.0. The highest BCUT2D eigenvalue weighted by Gasteiger charge is 2.39. The van der Waals surface area contributed by atoms with Crippen LogP contribution in [-0.2, 0) is 20.9 Å². The fraction of sp³-hybridized carbons (Fsp3) is 0.533. The Morgan fingerprint density at radius 1 is 1.26 bits per heavy atom. The summed E-state index contributed by atoms with van der Waals surface area (Å²) in [6.45, 7) is 1.63. The van der Waals surface area contributed by atoms with E-state index in [0.717, 1.165) is 12.0 Å². The zero-order chi connectivity index (χ0) is 13.6. The highest BCUT2D eigenvalue weighted by atomic mass is 16.5. The van der Waals surface area contributed by atoms with Crippen LogP contribution in [0.3, 0.4) is 0 Å². The number of carbonyl (C=O) groups excluding carboxylic acids is 1. The lowest BCUT2D eigenvalue weighted by Crippen LogP contribution is -2.24. The van der Waals surface area contributed by atoms with E-state index >= 15 is 0 Å². The predicted molar refractivity (Wildman–Crippen MR) is 70.4 cm³/mol. The van der Waals surface area contributed by atoms with E-state index in [1.807, 2.05) is 30.3 Å². The first-order valence-electron chi connectivity index (χ1n) is 6.62. The summed E-state index contributed by atoms with van der Waals surface area (Å²) in [4.78, 5) is 11.2. The van der Waals surface area contributed by atoms with Gasteiger partial charge in [0.15, 0.2) is 0 Å². The number of aliphatic hydroxyl groups excluding tert-OH is 1. The van der Waals surface area contributed by atoms with Gasteiger partial charge in [-0.05, 0) is 18.4 Å². The lowest BCUT2D eigenvalue weighted by molar-refractivity contribution is -0.137. The third kappa shape index (κ3) is 4.04. The average molecular weight is 264 g/mol. The van der Waals surface area contributed by atoms with Crippen molar-refractivity contribution in [1.82, 2.24) is 0 Å². The van der Waals surface area contributed by atoms with Gasteiger partial charge in [-0.3, -0.25) is 4.79 Å². The molecular weight excluding hydrogens is 244 g/mol. The van der Waals surface area contributed by atoms with Gasteiger partial charge in [0, 0.05) is 18.6 Å². The molecule has 1 heterocycles. The molecule has 4 nitrogen and oxygen atoms in total. The number of carbonyl (C=O) groups is 1. The van der Waals surface area contributed by atoms with E-state index in [1.54, 1.807) is 0 Å². The Morgan fingerprint density at radius 2 is 2.05 bits per heavy atom. The minimum absolute atomic E-state index is 0.0787. The lowest BCUT2D eigenvalue weighted by Gasteiger charge is -2.24. The van der Waals surface area contributed by atoms with Crippen LogP contribution in [0.1, 0.15) is 24.8 Å². The summed E-state index contributed by atoms with van der Waals surface area (Å²) in [5.41, 5.74) is 0.903. The molecule has 1 fully saturated rings. The monoisotopic (exact) mass is 264 g/mol. The molecule has 1 N–H and O–H groups in total. The zero-order valence-corrected chi connectivity index (χ0v) is 11.0. The Bertz CT molecular complexity index is 404. The van der Waals surface area contributed by atoms with Crippen LogP contribution >= 0.6 is 0 Å². The molecule has 0 saturated carbocycles. The topological polar surface area (TPSA) is 55.8 Å². The Kier molecular flexibility index (Phi) is 4.93. The van der Waals surface area contributed by atoms with Gasteiger partial charge in [-0.15, -0.1) is 0 Å². The molecule has 0 spiro atoms. The molecule has 19 heavy (non-hydrogen) atoms. The standard InChI is InChI=1S/C15H20O4/c16-8-6-15(10-14(17)19-12-15)7-9-18-11-13-4-2-1-3-5-13/h1-5,16H,6-12H2/t15-/m1/s1. The molecule has 1 atom stereocenters. The maximum absolute atomic E-state index is 11.2. The molecule has 1 aromatic carbocycles. The van der Waals surface area contributed by atoms with Gasteiger partial charge in [-0.25, -0.2) is 0 Å². The number of esters is 1. The molecule has 2 rings (SSSR count). The molecule has 4 heteroatoms. The highest BCUT2D eigenvalue weighted by molar-refractivity contribution is 5.72. The number of cyclic esters (lactones) is 1. The summed E-state index contributed by atoms with van der Waals surface area (Å²) in [5, 5.41) is 9.11. The van der Waals surface area contributed by atoms with Crippen molar-refractivity contribution >= 4 is 5.97 Å². The van der Waals surface area contributed by atoms with Crippen molar-refractivity contribution in [2.24, 2.45) is 5.41 Å². The van der Waals surface area contributed by atoms with Gasteiger partial charge < -0.3 is 14.6 Å². The van der Waals surface area contributed by atoms with E-state index in [4.69, 9.17) is 14.6 Å². The van der Waals surface area contributed by atoms with E-state index in [9.17, 15) is 4.79 Å². The van der Waals surface area contributed by atoms with Gasteiger partial charge in [0.25, 0.3) is 0 Å². The largest absolute Gasteiger partial charge is 0.465 e. The van der Waals surface area contributed by atoms with Gasteiger partial charge in [-0.1, -0.05) is 30.3 Å². The van der Waals surface area contributed by atoms with Crippen molar-refractivity contribution in [2.45, 2.75) is 25.9 Å². The van der Waals surface area contributed by atoms with Crippen molar-refractivity contribution in [3.63, 3.8) is 0 Å². The fourth-order valence-electron chi connectivity index (χ4n) is 2.38. The normalized spacial score (nSPS) is 22.5. The Morgan fingerprint density at radius 3 is 2.68 bits per heavy atom. The van der Waals surface area contributed by atoms with Crippen molar-refractivity contribution in [1.29, 1.82) is 0 Å². The predicted octanol–water partition coefficient (Wildman–Crippen LogP) is 1.91. The smallest absolute Gasteiger partial charge is 0.306 e. The van der Waals surface area contributed by atoms with Gasteiger partial charge in [0.1, 0.15) is 0 Å². The maximum Gasteiger partial charge on any atom is 0.306 e. The zero-order valence-electron chi connectivity index (χ0n) is 11.0. The molecule has 0 aliphatic carbocycles. The minimum Gasteiger partial charge on any atom is -0.465 e.